The van der Waals surface area contributed by atoms with E-state index in [0.29, 0.717) is 31.8 Å². The molecule has 0 bridgehead atoms. The van der Waals surface area contributed by atoms with Gasteiger partial charge in [0.2, 0.25) is 11.8 Å². The Morgan fingerprint density at radius 3 is 2.15 bits per heavy atom. The number of benzene rings is 1. The molecule has 2 rings (SSSR count). The molecule has 1 aliphatic heterocycles. The van der Waals surface area contributed by atoms with Crippen LogP contribution in [0, 0.1) is 17.8 Å². The number of nitrogens with zero attached hydrogens (tertiary/aromatic N) is 2. The number of hydrogen-bond donors (Lipinski definition) is 1. The first kappa shape index (κ1) is 20.3. The lowest BCUT2D eigenvalue weighted by atomic mass is 9.81. The van der Waals surface area contributed by atoms with Gasteiger partial charge >= 0.3 is 0 Å². The standard InChI is InChI=1S/C21H33N3O2/c1-4-8-18(20(22)25)19(15-16(2)3)21(26)24-13-11-23(12-14-24)17-9-6-5-7-10-17/h5-7,9-10,16,18-19H,4,8,11-15H2,1-3H3,(H2,22,25)/t18-,19+/m0/s1. The molecule has 0 radical (unpaired) electrons. The SMILES string of the molecule is CCC[C@H](C(N)=O)[C@@H](CC(C)C)C(=O)N1CCN(c2ccccc2)CC1. The van der Waals surface area contributed by atoms with Gasteiger partial charge in [-0.1, -0.05) is 45.4 Å². The lowest BCUT2D eigenvalue weighted by Gasteiger charge is -2.39. The fraction of sp³-hybridized carbons (Fsp3) is 0.619. The summed E-state index contributed by atoms with van der Waals surface area (Å²) in [6.07, 6.45) is 2.26. The van der Waals surface area contributed by atoms with Crippen LogP contribution in [0.5, 0.6) is 0 Å². The summed E-state index contributed by atoms with van der Waals surface area (Å²) in [4.78, 5) is 29.4. The van der Waals surface area contributed by atoms with Gasteiger partial charge in [0.25, 0.3) is 0 Å². The van der Waals surface area contributed by atoms with Crippen molar-refractivity contribution in [2.75, 3.05) is 31.1 Å². The zero-order valence-corrected chi connectivity index (χ0v) is 16.4. The second-order valence-electron chi connectivity index (χ2n) is 7.68. The molecule has 0 aromatic heterocycles. The Morgan fingerprint density at radius 1 is 1.04 bits per heavy atom. The molecule has 26 heavy (non-hydrogen) atoms. The fourth-order valence-corrected chi connectivity index (χ4v) is 3.86. The number of rotatable bonds is 8. The van der Waals surface area contributed by atoms with E-state index in [0.717, 1.165) is 19.5 Å². The Labute approximate surface area is 157 Å². The monoisotopic (exact) mass is 359 g/mol. The average Bonchev–Trinajstić information content (AvgIpc) is 2.64. The first-order chi connectivity index (χ1) is 12.4. The molecular weight excluding hydrogens is 326 g/mol. The molecule has 1 aliphatic rings. The summed E-state index contributed by atoms with van der Waals surface area (Å²) >= 11 is 0. The van der Waals surface area contributed by atoms with Crippen molar-refractivity contribution in [2.45, 2.75) is 40.0 Å². The summed E-state index contributed by atoms with van der Waals surface area (Å²) in [6, 6.07) is 10.3. The zero-order valence-electron chi connectivity index (χ0n) is 16.4. The third kappa shape index (κ3) is 5.23. The molecule has 0 unspecified atom stereocenters. The molecule has 1 heterocycles. The van der Waals surface area contributed by atoms with Gasteiger partial charge in [0.1, 0.15) is 0 Å². The smallest absolute Gasteiger partial charge is 0.226 e. The molecule has 144 valence electrons. The summed E-state index contributed by atoms with van der Waals surface area (Å²) < 4.78 is 0. The highest BCUT2D eigenvalue weighted by molar-refractivity contribution is 5.87. The third-order valence-electron chi connectivity index (χ3n) is 5.21. The van der Waals surface area contributed by atoms with E-state index in [4.69, 9.17) is 5.73 Å². The topological polar surface area (TPSA) is 66.6 Å². The van der Waals surface area contributed by atoms with Gasteiger partial charge in [-0.3, -0.25) is 9.59 Å². The number of amides is 2. The van der Waals surface area contributed by atoms with Gasteiger partial charge in [-0.2, -0.15) is 0 Å². The van der Waals surface area contributed by atoms with Gasteiger partial charge in [-0.25, -0.2) is 0 Å². The van der Waals surface area contributed by atoms with Crippen LogP contribution in [0.25, 0.3) is 0 Å². The van der Waals surface area contributed by atoms with Crippen molar-refractivity contribution in [3.8, 4) is 0 Å². The summed E-state index contributed by atoms with van der Waals surface area (Å²) in [5.74, 6) is -0.538. The van der Waals surface area contributed by atoms with Crippen molar-refractivity contribution in [1.82, 2.24) is 4.90 Å². The van der Waals surface area contributed by atoms with Gasteiger partial charge in [-0.15, -0.1) is 0 Å². The maximum Gasteiger partial charge on any atom is 0.226 e. The van der Waals surface area contributed by atoms with Gasteiger partial charge in [0.15, 0.2) is 0 Å². The number of carbonyl (C=O) groups excluding carboxylic acids is 2. The minimum Gasteiger partial charge on any atom is -0.369 e. The number of para-hydroxylation sites is 1. The minimum atomic E-state index is -0.359. The number of anilines is 1. The van der Waals surface area contributed by atoms with Crippen molar-refractivity contribution in [2.24, 2.45) is 23.5 Å². The lowest BCUT2D eigenvalue weighted by Crippen LogP contribution is -2.52. The Balaban J connectivity index is 2.05. The van der Waals surface area contributed by atoms with Gasteiger partial charge < -0.3 is 15.5 Å². The van der Waals surface area contributed by atoms with Crippen LogP contribution in [-0.2, 0) is 9.59 Å². The van der Waals surface area contributed by atoms with Crippen LogP contribution in [0.4, 0.5) is 5.69 Å². The lowest BCUT2D eigenvalue weighted by molar-refractivity contribution is -0.142. The van der Waals surface area contributed by atoms with E-state index in [1.54, 1.807) is 0 Å². The minimum absolute atomic E-state index is 0.101. The predicted molar refractivity (Wildman–Crippen MR) is 106 cm³/mol. The van der Waals surface area contributed by atoms with E-state index >= 15 is 0 Å². The molecule has 1 saturated heterocycles. The Bertz CT molecular complexity index is 580. The van der Waals surface area contributed by atoms with Crippen molar-refractivity contribution >= 4 is 17.5 Å². The number of piperazine rings is 1. The molecule has 2 N–H and O–H groups in total. The van der Waals surface area contributed by atoms with Crippen molar-refractivity contribution in [3.05, 3.63) is 30.3 Å². The van der Waals surface area contributed by atoms with Crippen molar-refractivity contribution in [3.63, 3.8) is 0 Å². The molecule has 1 aromatic carbocycles. The van der Waals surface area contributed by atoms with Crippen LogP contribution in [-0.4, -0.2) is 42.9 Å². The van der Waals surface area contributed by atoms with Crippen LogP contribution in [0.1, 0.15) is 40.0 Å². The first-order valence-corrected chi connectivity index (χ1v) is 9.82. The number of carbonyl (C=O) groups is 2. The molecule has 1 aromatic rings. The number of primary amides is 1. The molecule has 5 heteroatoms. The highest BCUT2D eigenvalue weighted by Gasteiger charge is 2.35. The Hall–Kier alpha value is -2.04. The van der Waals surface area contributed by atoms with Crippen LogP contribution >= 0.6 is 0 Å². The van der Waals surface area contributed by atoms with E-state index in [1.807, 2.05) is 30.0 Å². The quantitative estimate of drug-likeness (QED) is 0.776. The highest BCUT2D eigenvalue weighted by Crippen LogP contribution is 2.27. The van der Waals surface area contributed by atoms with Crippen molar-refractivity contribution < 1.29 is 9.59 Å². The predicted octanol–water partition coefficient (Wildman–Crippen LogP) is 2.90. The normalized spacial score (nSPS) is 17.2. The summed E-state index contributed by atoms with van der Waals surface area (Å²) in [5.41, 5.74) is 6.84. The molecule has 1 fully saturated rings. The van der Waals surface area contributed by atoms with Crippen LogP contribution < -0.4 is 10.6 Å². The molecular formula is C21H33N3O2. The first-order valence-electron chi connectivity index (χ1n) is 9.82. The van der Waals surface area contributed by atoms with Crippen LogP contribution in [0.2, 0.25) is 0 Å². The molecule has 0 spiro atoms. The summed E-state index contributed by atoms with van der Waals surface area (Å²) in [6.45, 7) is 9.25. The van der Waals surface area contributed by atoms with E-state index in [9.17, 15) is 9.59 Å². The van der Waals surface area contributed by atoms with E-state index in [2.05, 4.69) is 30.9 Å². The van der Waals surface area contributed by atoms with Crippen LogP contribution in [0.3, 0.4) is 0 Å². The highest BCUT2D eigenvalue weighted by atomic mass is 16.2. The van der Waals surface area contributed by atoms with E-state index in [1.165, 1.54) is 5.69 Å². The van der Waals surface area contributed by atoms with Gasteiger partial charge in [0, 0.05) is 43.7 Å². The number of hydrogen-bond acceptors (Lipinski definition) is 3. The third-order valence-corrected chi connectivity index (χ3v) is 5.21. The largest absolute Gasteiger partial charge is 0.369 e. The number of nitrogens with two attached hydrogens (primary N) is 1. The molecule has 5 nitrogen and oxygen atoms in total. The molecule has 2 atom stereocenters. The second kappa shape index (κ2) is 9.60. The van der Waals surface area contributed by atoms with Gasteiger partial charge in [-0.05, 0) is 30.9 Å². The van der Waals surface area contributed by atoms with Crippen LogP contribution in [0.15, 0.2) is 30.3 Å². The Kier molecular flexibility index (Phi) is 7.49. The van der Waals surface area contributed by atoms with E-state index < -0.39 is 0 Å². The average molecular weight is 360 g/mol. The molecule has 2 amide bonds. The zero-order chi connectivity index (χ0) is 19.1. The van der Waals surface area contributed by atoms with Crippen molar-refractivity contribution in [1.29, 1.82) is 0 Å². The van der Waals surface area contributed by atoms with Gasteiger partial charge in [0.05, 0.1) is 0 Å². The van der Waals surface area contributed by atoms with E-state index in [-0.39, 0.29) is 23.7 Å². The summed E-state index contributed by atoms with van der Waals surface area (Å²) in [5, 5.41) is 0. The maximum atomic E-state index is 13.2. The second-order valence-corrected chi connectivity index (χ2v) is 7.68. The Morgan fingerprint density at radius 2 is 1.65 bits per heavy atom. The molecule has 0 aliphatic carbocycles. The maximum absolute atomic E-state index is 13.2. The summed E-state index contributed by atoms with van der Waals surface area (Å²) in [7, 11) is 0. The fourth-order valence-electron chi connectivity index (χ4n) is 3.86. The molecule has 0 saturated carbocycles.